The van der Waals surface area contributed by atoms with Gasteiger partial charge in [-0.15, -0.1) is 0 Å². The van der Waals surface area contributed by atoms with Crippen molar-refractivity contribution in [1.29, 1.82) is 0 Å². The van der Waals surface area contributed by atoms with E-state index >= 15 is 0 Å². The average Bonchev–Trinajstić information content (AvgIpc) is 2.63. The molecule has 3 rings (SSSR count). The second-order valence-electron chi connectivity index (χ2n) is 6.82. The van der Waals surface area contributed by atoms with Crippen LogP contribution in [0.2, 0.25) is 0 Å². The van der Waals surface area contributed by atoms with Crippen LogP contribution in [0.3, 0.4) is 0 Å². The predicted molar refractivity (Wildman–Crippen MR) is 91.5 cm³/mol. The van der Waals surface area contributed by atoms with Gasteiger partial charge in [-0.05, 0) is 37.8 Å². The third-order valence-corrected chi connectivity index (χ3v) is 4.87. The average molecular weight is 347 g/mol. The summed E-state index contributed by atoms with van der Waals surface area (Å²) in [6.45, 7) is 3.80. The molecule has 1 fully saturated rings. The van der Waals surface area contributed by atoms with Gasteiger partial charge >= 0.3 is 5.97 Å². The largest absolute Gasteiger partial charge is 0.485 e. The topological polar surface area (TPSA) is 73.9 Å². The minimum Gasteiger partial charge on any atom is -0.485 e. The van der Waals surface area contributed by atoms with Crippen molar-refractivity contribution in [2.75, 3.05) is 6.61 Å². The summed E-state index contributed by atoms with van der Waals surface area (Å²) in [6, 6.07) is 7.30. The number of amides is 1. The first kappa shape index (κ1) is 17.6. The molecule has 0 spiro atoms. The lowest BCUT2D eigenvalue weighted by Crippen LogP contribution is -2.47. The standard InChI is InChI=1S/C19H25NO5/c1-12-7-3-4-8-14(12)20-18(21)13(2)24-19(22)17-11-23-15-9-5-6-10-16(15)25-17/h5-6,9-10,12-14,17H,3-4,7-8,11H2,1-2H3,(H,20,21)/t12-,13-,14-,17+/m1/s1. The summed E-state index contributed by atoms with van der Waals surface area (Å²) in [5.74, 6) is 0.706. The molecule has 4 atom stereocenters. The molecular weight excluding hydrogens is 322 g/mol. The SMILES string of the molecule is C[C@@H]1CCCC[C@H]1NC(=O)[C@@H](C)OC(=O)[C@@H]1COc2ccccc2O1. The van der Waals surface area contributed by atoms with E-state index in [9.17, 15) is 9.59 Å². The number of benzene rings is 1. The van der Waals surface area contributed by atoms with E-state index in [1.165, 1.54) is 6.42 Å². The Kier molecular flexibility index (Phi) is 5.46. The fourth-order valence-electron chi connectivity index (χ4n) is 3.27. The molecule has 2 aliphatic rings. The van der Waals surface area contributed by atoms with Crippen LogP contribution in [0, 0.1) is 5.92 Å². The highest BCUT2D eigenvalue weighted by atomic mass is 16.6. The zero-order valence-corrected chi connectivity index (χ0v) is 14.7. The van der Waals surface area contributed by atoms with Crippen LogP contribution in [0.15, 0.2) is 24.3 Å². The van der Waals surface area contributed by atoms with Crippen molar-refractivity contribution in [2.45, 2.75) is 57.8 Å². The van der Waals surface area contributed by atoms with Crippen LogP contribution in [-0.4, -0.2) is 36.7 Å². The molecule has 0 saturated heterocycles. The Labute approximate surface area is 147 Å². The normalized spacial score (nSPS) is 26.4. The van der Waals surface area contributed by atoms with Gasteiger partial charge in [0.2, 0.25) is 6.10 Å². The maximum absolute atomic E-state index is 12.3. The van der Waals surface area contributed by atoms with Gasteiger partial charge in [-0.25, -0.2) is 4.79 Å². The molecule has 136 valence electrons. The van der Waals surface area contributed by atoms with Crippen molar-refractivity contribution in [3.05, 3.63) is 24.3 Å². The number of ether oxygens (including phenoxy) is 3. The maximum Gasteiger partial charge on any atom is 0.351 e. The molecule has 1 amide bonds. The van der Waals surface area contributed by atoms with Gasteiger partial charge in [0.1, 0.15) is 6.61 Å². The lowest BCUT2D eigenvalue weighted by atomic mass is 9.86. The summed E-state index contributed by atoms with van der Waals surface area (Å²) in [5, 5.41) is 3.00. The van der Waals surface area contributed by atoms with Crippen LogP contribution >= 0.6 is 0 Å². The summed E-state index contributed by atoms with van der Waals surface area (Å²) >= 11 is 0. The third kappa shape index (κ3) is 4.24. The van der Waals surface area contributed by atoms with Crippen molar-refractivity contribution in [3.8, 4) is 11.5 Å². The summed E-state index contributed by atoms with van der Waals surface area (Å²) in [7, 11) is 0. The number of hydrogen-bond acceptors (Lipinski definition) is 5. The zero-order chi connectivity index (χ0) is 17.8. The third-order valence-electron chi connectivity index (χ3n) is 4.87. The molecule has 0 unspecified atom stereocenters. The molecule has 6 heteroatoms. The van der Waals surface area contributed by atoms with E-state index < -0.39 is 18.2 Å². The Morgan fingerprint density at radius 2 is 1.92 bits per heavy atom. The lowest BCUT2D eigenvalue weighted by molar-refractivity contribution is -0.164. The van der Waals surface area contributed by atoms with E-state index in [4.69, 9.17) is 14.2 Å². The highest BCUT2D eigenvalue weighted by molar-refractivity contribution is 5.85. The van der Waals surface area contributed by atoms with Crippen LogP contribution in [0.5, 0.6) is 11.5 Å². The first-order valence-electron chi connectivity index (χ1n) is 8.94. The molecule has 0 aromatic heterocycles. The van der Waals surface area contributed by atoms with Crippen LogP contribution in [0.1, 0.15) is 39.5 Å². The predicted octanol–water partition coefficient (Wildman–Crippen LogP) is 2.45. The van der Waals surface area contributed by atoms with Gasteiger partial charge in [0.05, 0.1) is 0 Å². The number of nitrogens with one attached hydrogen (secondary N) is 1. The Morgan fingerprint density at radius 3 is 2.68 bits per heavy atom. The van der Waals surface area contributed by atoms with Gasteiger partial charge in [0.25, 0.3) is 5.91 Å². The lowest BCUT2D eigenvalue weighted by Gasteiger charge is -2.30. The number of esters is 1. The van der Waals surface area contributed by atoms with Crippen molar-refractivity contribution >= 4 is 11.9 Å². The number of carbonyl (C=O) groups excluding carboxylic acids is 2. The maximum atomic E-state index is 12.3. The fraction of sp³-hybridized carbons (Fsp3) is 0.579. The van der Waals surface area contributed by atoms with E-state index in [2.05, 4.69) is 12.2 Å². The molecule has 1 aromatic carbocycles. The molecule has 25 heavy (non-hydrogen) atoms. The van der Waals surface area contributed by atoms with Crippen molar-refractivity contribution < 1.29 is 23.8 Å². The first-order valence-corrected chi connectivity index (χ1v) is 8.94. The van der Waals surface area contributed by atoms with Crippen molar-refractivity contribution in [3.63, 3.8) is 0 Å². The minimum absolute atomic E-state index is 0.0733. The van der Waals surface area contributed by atoms with Gasteiger partial charge in [0, 0.05) is 6.04 Å². The van der Waals surface area contributed by atoms with Gasteiger partial charge in [-0.3, -0.25) is 4.79 Å². The van der Waals surface area contributed by atoms with Gasteiger partial charge in [-0.2, -0.15) is 0 Å². The molecule has 0 radical (unpaired) electrons. The van der Waals surface area contributed by atoms with Crippen LogP contribution in [-0.2, 0) is 14.3 Å². The number of para-hydroxylation sites is 2. The molecular formula is C19H25NO5. The van der Waals surface area contributed by atoms with E-state index in [1.807, 2.05) is 6.07 Å². The second-order valence-corrected chi connectivity index (χ2v) is 6.82. The number of rotatable bonds is 4. The van der Waals surface area contributed by atoms with Crippen LogP contribution < -0.4 is 14.8 Å². The van der Waals surface area contributed by atoms with Gasteiger partial charge in [-0.1, -0.05) is 31.9 Å². The second kappa shape index (κ2) is 7.76. The molecule has 1 saturated carbocycles. The number of carbonyl (C=O) groups is 2. The van der Waals surface area contributed by atoms with Crippen LogP contribution in [0.25, 0.3) is 0 Å². The molecule has 0 bridgehead atoms. The monoisotopic (exact) mass is 347 g/mol. The molecule has 6 nitrogen and oxygen atoms in total. The van der Waals surface area contributed by atoms with Crippen molar-refractivity contribution in [2.24, 2.45) is 5.92 Å². The van der Waals surface area contributed by atoms with E-state index in [1.54, 1.807) is 25.1 Å². The van der Waals surface area contributed by atoms with E-state index in [-0.39, 0.29) is 18.6 Å². The van der Waals surface area contributed by atoms with Gasteiger partial charge < -0.3 is 19.5 Å². The van der Waals surface area contributed by atoms with Gasteiger partial charge in [0.15, 0.2) is 17.6 Å². The summed E-state index contributed by atoms with van der Waals surface area (Å²) in [4.78, 5) is 24.6. The Hall–Kier alpha value is -2.24. The summed E-state index contributed by atoms with van der Waals surface area (Å²) < 4.78 is 16.4. The molecule has 1 N–H and O–H groups in total. The Morgan fingerprint density at radius 1 is 1.20 bits per heavy atom. The molecule has 1 aliphatic carbocycles. The minimum atomic E-state index is -0.862. The van der Waals surface area contributed by atoms with Crippen molar-refractivity contribution in [1.82, 2.24) is 5.32 Å². The fourth-order valence-corrected chi connectivity index (χ4v) is 3.27. The zero-order valence-electron chi connectivity index (χ0n) is 14.7. The highest BCUT2D eigenvalue weighted by Gasteiger charge is 2.32. The number of fused-ring (bicyclic) bond motifs is 1. The number of hydrogen-bond donors (Lipinski definition) is 1. The van der Waals surface area contributed by atoms with E-state index in [0.717, 1.165) is 19.3 Å². The van der Waals surface area contributed by atoms with Crippen LogP contribution in [0.4, 0.5) is 0 Å². The molecule has 1 aliphatic heterocycles. The Balaban J connectivity index is 1.51. The first-order chi connectivity index (χ1) is 12.0. The Bertz CT molecular complexity index is 632. The smallest absolute Gasteiger partial charge is 0.351 e. The summed E-state index contributed by atoms with van der Waals surface area (Å²) in [5.41, 5.74) is 0. The quantitative estimate of drug-likeness (QED) is 0.847. The van der Waals surface area contributed by atoms with E-state index in [0.29, 0.717) is 17.4 Å². The summed E-state index contributed by atoms with van der Waals surface area (Å²) in [6.07, 6.45) is 2.70. The molecule has 1 aromatic rings. The molecule has 1 heterocycles. The highest BCUT2D eigenvalue weighted by Crippen LogP contribution is 2.31.